The molecule has 0 spiro atoms. The maximum Gasteiger partial charge on any atom is 0.220 e. The molecule has 1 aliphatic rings. The summed E-state index contributed by atoms with van der Waals surface area (Å²) in [5, 5.41) is 2.93. The molecule has 4 heteroatoms. The zero-order chi connectivity index (χ0) is 14.3. The van der Waals surface area contributed by atoms with Gasteiger partial charge in [0, 0.05) is 19.6 Å². The van der Waals surface area contributed by atoms with E-state index >= 15 is 0 Å². The number of halogens is 1. The van der Waals surface area contributed by atoms with Crippen molar-refractivity contribution in [2.75, 3.05) is 13.2 Å². The van der Waals surface area contributed by atoms with Crippen LogP contribution in [0.15, 0.2) is 0 Å². The highest BCUT2D eigenvalue weighted by atomic mass is 35.5. The Bertz CT molecular complexity index is 270. The van der Waals surface area contributed by atoms with Crippen molar-refractivity contribution in [3.63, 3.8) is 0 Å². The van der Waals surface area contributed by atoms with Crippen LogP contribution in [0.25, 0.3) is 0 Å². The Kier molecular flexibility index (Phi) is 7.16. The monoisotopic (exact) mass is 289 g/mol. The predicted molar refractivity (Wildman–Crippen MR) is 79.5 cm³/mol. The number of carbonyl (C=O) groups excluding carboxylic acids is 1. The molecule has 1 amide bonds. The highest BCUT2D eigenvalue weighted by Crippen LogP contribution is 2.23. The van der Waals surface area contributed by atoms with Gasteiger partial charge in [0.15, 0.2) is 0 Å². The molecule has 2 unspecified atom stereocenters. The first-order valence-corrected chi connectivity index (χ1v) is 7.83. The van der Waals surface area contributed by atoms with Crippen LogP contribution < -0.4 is 5.32 Å². The van der Waals surface area contributed by atoms with Crippen LogP contribution in [-0.2, 0) is 9.53 Å². The van der Waals surface area contributed by atoms with Crippen molar-refractivity contribution in [3.8, 4) is 0 Å². The van der Waals surface area contributed by atoms with Gasteiger partial charge in [-0.25, -0.2) is 0 Å². The van der Waals surface area contributed by atoms with Crippen LogP contribution >= 0.6 is 11.6 Å². The van der Waals surface area contributed by atoms with Crippen molar-refractivity contribution in [1.29, 1.82) is 0 Å². The zero-order valence-electron chi connectivity index (χ0n) is 12.5. The molecule has 1 heterocycles. The van der Waals surface area contributed by atoms with E-state index in [1.54, 1.807) is 0 Å². The molecule has 0 saturated carbocycles. The fourth-order valence-corrected chi connectivity index (χ4v) is 2.92. The Morgan fingerprint density at radius 2 is 2.16 bits per heavy atom. The summed E-state index contributed by atoms with van der Waals surface area (Å²) in [5.74, 6) is 0.0914. The van der Waals surface area contributed by atoms with Crippen LogP contribution in [-0.4, -0.2) is 30.5 Å². The second-order valence-electron chi connectivity index (χ2n) is 6.69. The van der Waals surface area contributed by atoms with E-state index in [0.29, 0.717) is 13.0 Å². The van der Waals surface area contributed by atoms with Crippen molar-refractivity contribution in [1.82, 2.24) is 5.32 Å². The lowest BCUT2D eigenvalue weighted by molar-refractivity contribution is -0.122. The minimum atomic E-state index is 0.00915. The molecule has 1 rings (SSSR count). The van der Waals surface area contributed by atoms with E-state index < -0.39 is 0 Å². The standard InChI is InChI=1S/C15H28ClNO2/c1-15(2,3)10-12(16)11-17-14(18)8-7-13-6-4-5-9-19-13/h12-13H,4-11H2,1-3H3,(H,17,18). The van der Waals surface area contributed by atoms with E-state index in [0.717, 1.165) is 32.3 Å². The SMILES string of the molecule is CC(C)(C)CC(Cl)CNC(=O)CCC1CCCCO1. The third-order valence-electron chi connectivity index (χ3n) is 3.32. The van der Waals surface area contributed by atoms with Crippen LogP contribution in [0.1, 0.15) is 59.3 Å². The third kappa shape index (κ3) is 8.48. The van der Waals surface area contributed by atoms with Crippen molar-refractivity contribution in [2.45, 2.75) is 70.8 Å². The topological polar surface area (TPSA) is 38.3 Å². The maximum absolute atomic E-state index is 11.7. The van der Waals surface area contributed by atoms with Gasteiger partial charge in [-0.05, 0) is 37.5 Å². The predicted octanol–water partition coefficient (Wildman–Crippen LogP) is 3.50. The van der Waals surface area contributed by atoms with Gasteiger partial charge in [0.1, 0.15) is 0 Å². The van der Waals surface area contributed by atoms with Crippen LogP contribution in [0.2, 0.25) is 0 Å². The van der Waals surface area contributed by atoms with E-state index in [1.165, 1.54) is 6.42 Å². The Hall–Kier alpha value is -0.280. The summed E-state index contributed by atoms with van der Waals surface area (Å²) in [4.78, 5) is 11.7. The van der Waals surface area contributed by atoms with Crippen LogP contribution in [0.5, 0.6) is 0 Å². The van der Waals surface area contributed by atoms with Gasteiger partial charge in [-0.15, -0.1) is 11.6 Å². The van der Waals surface area contributed by atoms with Crippen molar-refractivity contribution in [3.05, 3.63) is 0 Å². The average Bonchev–Trinajstić information content (AvgIpc) is 2.33. The lowest BCUT2D eigenvalue weighted by Gasteiger charge is -2.23. The molecule has 0 radical (unpaired) electrons. The summed E-state index contributed by atoms with van der Waals surface area (Å²) in [5.41, 5.74) is 0.201. The molecule has 0 aromatic rings. The lowest BCUT2D eigenvalue weighted by atomic mass is 9.90. The minimum Gasteiger partial charge on any atom is -0.378 e. The van der Waals surface area contributed by atoms with Gasteiger partial charge in [0.2, 0.25) is 5.91 Å². The number of carbonyl (C=O) groups is 1. The minimum absolute atomic E-state index is 0.00915. The second kappa shape index (κ2) is 8.11. The normalized spacial score (nSPS) is 22.0. The van der Waals surface area contributed by atoms with Gasteiger partial charge >= 0.3 is 0 Å². The maximum atomic E-state index is 11.7. The van der Waals surface area contributed by atoms with Crippen molar-refractivity contribution >= 4 is 17.5 Å². The Balaban J connectivity index is 2.10. The highest BCUT2D eigenvalue weighted by Gasteiger charge is 2.18. The molecule has 1 N–H and O–H groups in total. The van der Waals surface area contributed by atoms with Gasteiger partial charge in [0.25, 0.3) is 0 Å². The van der Waals surface area contributed by atoms with Crippen LogP contribution in [0.4, 0.5) is 0 Å². The van der Waals surface area contributed by atoms with Gasteiger partial charge < -0.3 is 10.1 Å². The smallest absolute Gasteiger partial charge is 0.220 e. The number of rotatable bonds is 6. The number of hydrogen-bond donors (Lipinski definition) is 1. The molecule has 0 bridgehead atoms. The van der Waals surface area contributed by atoms with Crippen LogP contribution in [0.3, 0.4) is 0 Å². The zero-order valence-corrected chi connectivity index (χ0v) is 13.3. The number of nitrogens with one attached hydrogen (secondary N) is 1. The second-order valence-corrected chi connectivity index (χ2v) is 7.31. The van der Waals surface area contributed by atoms with Gasteiger partial charge in [-0.1, -0.05) is 20.8 Å². The Morgan fingerprint density at radius 3 is 2.74 bits per heavy atom. The van der Waals surface area contributed by atoms with E-state index in [-0.39, 0.29) is 22.8 Å². The summed E-state index contributed by atoms with van der Waals surface area (Å²) >= 11 is 6.22. The lowest BCUT2D eigenvalue weighted by Crippen LogP contribution is -2.32. The van der Waals surface area contributed by atoms with E-state index in [2.05, 4.69) is 26.1 Å². The first-order valence-electron chi connectivity index (χ1n) is 7.39. The fourth-order valence-electron chi connectivity index (χ4n) is 2.38. The molecule has 0 aromatic carbocycles. The summed E-state index contributed by atoms with van der Waals surface area (Å²) in [6.07, 6.45) is 6.03. The molecular weight excluding hydrogens is 262 g/mol. The largest absolute Gasteiger partial charge is 0.378 e. The van der Waals surface area contributed by atoms with Crippen molar-refractivity contribution in [2.24, 2.45) is 5.41 Å². The molecule has 112 valence electrons. The molecule has 2 atom stereocenters. The molecule has 1 saturated heterocycles. The molecule has 0 aliphatic carbocycles. The molecule has 1 fully saturated rings. The molecule has 3 nitrogen and oxygen atoms in total. The third-order valence-corrected chi connectivity index (χ3v) is 3.63. The van der Waals surface area contributed by atoms with E-state index in [1.807, 2.05) is 0 Å². The molecule has 0 aromatic heterocycles. The fraction of sp³-hybridized carbons (Fsp3) is 0.933. The van der Waals surface area contributed by atoms with E-state index in [4.69, 9.17) is 16.3 Å². The Morgan fingerprint density at radius 1 is 1.42 bits per heavy atom. The summed E-state index contributed by atoms with van der Waals surface area (Å²) in [6.45, 7) is 7.88. The molecular formula is C15H28ClNO2. The summed E-state index contributed by atoms with van der Waals surface area (Å²) < 4.78 is 5.61. The van der Waals surface area contributed by atoms with Gasteiger partial charge in [-0.3, -0.25) is 4.79 Å². The Labute approximate surface area is 122 Å². The molecule has 19 heavy (non-hydrogen) atoms. The summed E-state index contributed by atoms with van der Waals surface area (Å²) in [7, 11) is 0. The molecule has 1 aliphatic heterocycles. The first-order chi connectivity index (χ1) is 8.87. The number of ether oxygens (including phenoxy) is 1. The van der Waals surface area contributed by atoms with Crippen molar-refractivity contribution < 1.29 is 9.53 Å². The highest BCUT2D eigenvalue weighted by molar-refractivity contribution is 6.20. The number of amides is 1. The quantitative estimate of drug-likeness (QED) is 0.760. The van der Waals surface area contributed by atoms with E-state index in [9.17, 15) is 4.79 Å². The van der Waals surface area contributed by atoms with Crippen LogP contribution in [0, 0.1) is 5.41 Å². The number of alkyl halides is 1. The van der Waals surface area contributed by atoms with Gasteiger partial charge in [-0.2, -0.15) is 0 Å². The average molecular weight is 290 g/mol. The summed E-state index contributed by atoms with van der Waals surface area (Å²) in [6, 6.07) is 0. The number of hydrogen-bond acceptors (Lipinski definition) is 2. The first kappa shape index (κ1) is 16.8. The van der Waals surface area contributed by atoms with Gasteiger partial charge in [0.05, 0.1) is 11.5 Å².